The third-order valence-electron chi connectivity index (χ3n) is 8.83. The summed E-state index contributed by atoms with van der Waals surface area (Å²) in [4.78, 5) is 30.7. The van der Waals surface area contributed by atoms with Crippen molar-refractivity contribution in [3.63, 3.8) is 0 Å². The Morgan fingerprint density at radius 3 is 2.45 bits per heavy atom. The smallest absolute Gasteiger partial charge is 0.262 e. The van der Waals surface area contributed by atoms with Crippen LogP contribution in [0.15, 0.2) is 60.7 Å². The molecule has 1 fully saturated rings. The molecular weight excluding hydrogens is 546 g/mol. The first-order valence-electron chi connectivity index (χ1n) is 14.4. The second-order valence-corrected chi connectivity index (χ2v) is 12.7. The molecule has 1 saturated carbocycles. The van der Waals surface area contributed by atoms with E-state index in [1.54, 1.807) is 12.1 Å². The molecule has 0 aliphatic heterocycles. The van der Waals surface area contributed by atoms with Crippen LogP contribution in [0.2, 0.25) is 0 Å². The molecule has 9 heteroatoms. The van der Waals surface area contributed by atoms with E-state index in [1.165, 1.54) is 11.3 Å². The largest absolute Gasteiger partial charge is 0.457 e. The van der Waals surface area contributed by atoms with Gasteiger partial charge in [0.2, 0.25) is 0 Å². The summed E-state index contributed by atoms with van der Waals surface area (Å²) >= 11 is 1.29. The number of carbonyl (C=O) groups excluding carboxylic acids is 2. The Balaban J connectivity index is 1.43. The number of aryl methyl sites for hydroxylation is 1. The van der Waals surface area contributed by atoms with Crippen LogP contribution in [0.3, 0.4) is 0 Å². The van der Waals surface area contributed by atoms with Crippen LogP contribution in [0.25, 0.3) is 10.1 Å². The maximum Gasteiger partial charge on any atom is 0.262 e. The number of para-hydroxylation sites is 1. The molecule has 1 amide bonds. The van der Waals surface area contributed by atoms with Gasteiger partial charge in [-0.05, 0) is 80.9 Å². The Hall–Kier alpha value is -3.76. The molecule has 42 heavy (non-hydrogen) atoms. The first-order chi connectivity index (χ1) is 20.1. The van der Waals surface area contributed by atoms with Crippen LogP contribution in [0.5, 0.6) is 11.5 Å². The fourth-order valence-electron chi connectivity index (χ4n) is 6.73. The summed E-state index contributed by atoms with van der Waals surface area (Å²) in [7, 11) is 4.09. The quantitative estimate of drug-likeness (QED) is 0.235. The number of ether oxygens (including phenoxy) is 1. The fraction of sp³-hybridized carbons (Fsp3) is 0.333. The molecule has 4 aromatic rings. The molecule has 218 valence electrons. The van der Waals surface area contributed by atoms with Gasteiger partial charge >= 0.3 is 0 Å². The number of nitrogens with zero attached hydrogens (tertiary/aromatic N) is 1. The molecule has 6 rings (SSSR count). The lowest BCUT2D eigenvalue weighted by Crippen LogP contribution is -2.53. The molecule has 7 N–H and O–H groups in total. The van der Waals surface area contributed by atoms with E-state index in [4.69, 9.17) is 21.9 Å². The van der Waals surface area contributed by atoms with Crippen LogP contribution in [0.1, 0.15) is 63.7 Å². The molecule has 0 bridgehead atoms. The predicted molar refractivity (Wildman–Crippen MR) is 168 cm³/mol. The van der Waals surface area contributed by atoms with Crippen molar-refractivity contribution in [2.24, 2.45) is 11.5 Å². The Morgan fingerprint density at radius 2 is 1.74 bits per heavy atom. The van der Waals surface area contributed by atoms with Gasteiger partial charge in [0.1, 0.15) is 17.0 Å². The van der Waals surface area contributed by atoms with Gasteiger partial charge < -0.3 is 32.2 Å². The van der Waals surface area contributed by atoms with Crippen molar-refractivity contribution in [3.8, 4) is 11.5 Å². The summed E-state index contributed by atoms with van der Waals surface area (Å²) < 4.78 is 6.74. The summed E-state index contributed by atoms with van der Waals surface area (Å²) in [6, 6.07) is 17.7. The topological polar surface area (TPSA) is 137 Å². The maximum absolute atomic E-state index is 14.2. The van der Waals surface area contributed by atoms with Crippen LogP contribution in [-0.4, -0.2) is 42.8 Å². The van der Waals surface area contributed by atoms with Crippen molar-refractivity contribution in [1.29, 1.82) is 0 Å². The predicted octanol–water partition coefficient (Wildman–Crippen LogP) is 4.97. The number of nitrogen functional groups attached to an aromatic ring is 1. The highest BCUT2D eigenvalue weighted by Gasteiger charge is 2.49. The van der Waals surface area contributed by atoms with Gasteiger partial charge in [-0.2, -0.15) is 0 Å². The number of rotatable bonds is 6. The molecule has 2 aliphatic carbocycles. The second-order valence-electron chi connectivity index (χ2n) is 11.7. The Morgan fingerprint density at radius 1 is 1.02 bits per heavy atom. The number of nitrogens with two attached hydrogens (primary N) is 3. The van der Waals surface area contributed by atoms with Gasteiger partial charge in [0.15, 0.2) is 5.78 Å². The van der Waals surface area contributed by atoms with Crippen molar-refractivity contribution in [1.82, 2.24) is 10.2 Å². The average molecular weight is 584 g/mol. The Labute approximate surface area is 249 Å². The number of Topliss-reactive ketones (excluding diaryl/α,β-unsaturated/α-hetero) is 1. The van der Waals surface area contributed by atoms with E-state index in [-0.39, 0.29) is 23.8 Å². The fourth-order valence-corrected chi connectivity index (χ4v) is 7.93. The standard InChI is InChI=1S/C33H37N5O3S/c1-18-17-20(41-19-9-5-4-6-10-19)13-14-21(18)33(36)22-15-16-23(34)29-26(22)27(28(35)31(33)39)30(42-29)32(40)37-24-11-7-8-12-25(24)38(2)3/h4-6,9-10,13-17,24-25,28H,7-8,11-12,34-36H2,1-3H3,(H,37,40)/t24-,25-,28?,33?/m0/s1. The van der Waals surface area contributed by atoms with Gasteiger partial charge in [0.25, 0.3) is 5.91 Å². The number of nitrogens with one attached hydrogen (secondary N) is 1. The number of hydrogen-bond donors (Lipinski definition) is 4. The van der Waals surface area contributed by atoms with Crippen molar-refractivity contribution in [2.45, 2.75) is 56.3 Å². The van der Waals surface area contributed by atoms with E-state index in [9.17, 15) is 9.59 Å². The van der Waals surface area contributed by atoms with E-state index in [1.807, 2.05) is 69.6 Å². The van der Waals surface area contributed by atoms with Crippen LogP contribution in [0.4, 0.5) is 5.69 Å². The highest BCUT2D eigenvalue weighted by molar-refractivity contribution is 7.21. The van der Waals surface area contributed by atoms with E-state index in [0.717, 1.165) is 35.9 Å². The summed E-state index contributed by atoms with van der Waals surface area (Å²) in [5, 5.41) is 3.97. The Bertz CT molecular complexity index is 1680. The average Bonchev–Trinajstić information content (AvgIpc) is 3.38. The van der Waals surface area contributed by atoms with Gasteiger partial charge in [0, 0.05) is 28.7 Å². The number of likely N-dealkylation sites (N-methyl/N-ethyl adjacent to an activating group) is 1. The zero-order valence-corrected chi connectivity index (χ0v) is 25.0. The number of thiophene rings is 1. The third kappa shape index (κ3) is 4.57. The lowest BCUT2D eigenvalue weighted by molar-refractivity contribution is -0.124. The lowest BCUT2D eigenvalue weighted by atomic mass is 9.69. The van der Waals surface area contributed by atoms with Crippen LogP contribution in [0, 0.1) is 6.92 Å². The molecule has 1 heterocycles. The molecule has 2 unspecified atom stereocenters. The minimum atomic E-state index is -1.53. The van der Waals surface area contributed by atoms with E-state index < -0.39 is 11.6 Å². The zero-order chi connectivity index (χ0) is 29.8. The van der Waals surface area contributed by atoms with E-state index in [2.05, 4.69) is 10.2 Å². The first kappa shape index (κ1) is 28.4. The number of benzene rings is 3. The van der Waals surface area contributed by atoms with Crippen LogP contribution < -0.4 is 27.3 Å². The molecular formula is C33H37N5O3S. The van der Waals surface area contributed by atoms with Crippen molar-refractivity contribution < 1.29 is 14.3 Å². The first-order valence-corrected chi connectivity index (χ1v) is 15.2. The third-order valence-corrected chi connectivity index (χ3v) is 10.1. The number of anilines is 1. The highest BCUT2D eigenvalue weighted by atomic mass is 32.1. The van der Waals surface area contributed by atoms with Gasteiger partial charge in [-0.1, -0.05) is 43.2 Å². The molecule has 0 radical (unpaired) electrons. The molecule has 0 saturated heterocycles. The number of hydrogen-bond acceptors (Lipinski definition) is 8. The second kappa shape index (κ2) is 10.8. The van der Waals surface area contributed by atoms with Gasteiger partial charge in [0.05, 0.1) is 15.6 Å². The van der Waals surface area contributed by atoms with Crippen molar-refractivity contribution >= 4 is 38.8 Å². The summed E-state index contributed by atoms with van der Waals surface area (Å²) in [5.74, 6) is 0.760. The molecule has 2 aliphatic rings. The lowest BCUT2D eigenvalue weighted by Gasteiger charge is -2.38. The number of amides is 1. The molecule has 8 nitrogen and oxygen atoms in total. The van der Waals surface area contributed by atoms with Gasteiger partial charge in [-0.15, -0.1) is 11.3 Å². The summed E-state index contributed by atoms with van der Waals surface area (Å²) in [6.07, 6.45) is 4.13. The minimum absolute atomic E-state index is 0.0128. The zero-order valence-electron chi connectivity index (χ0n) is 24.1. The van der Waals surface area contributed by atoms with Crippen LogP contribution >= 0.6 is 11.3 Å². The van der Waals surface area contributed by atoms with E-state index >= 15 is 0 Å². The summed E-state index contributed by atoms with van der Waals surface area (Å²) in [5.41, 5.74) is 21.8. The number of ketones is 1. The van der Waals surface area contributed by atoms with Gasteiger partial charge in [-0.25, -0.2) is 0 Å². The molecule has 4 atom stereocenters. The minimum Gasteiger partial charge on any atom is -0.457 e. The van der Waals surface area contributed by atoms with Crippen molar-refractivity contribution in [3.05, 3.63) is 87.8 Å². The van der Waals surface area contributed by atoms with E-state index in [0.29, 0.717) is 44.1 Å². The molecule has 1 aromatic heterocycles. The van der Waals surface area contributed by atoms with Crippen molar-refractivity contribution in [2.75, 3.05) is 19.8 Å². The summed E-state index contributed by atoms with van der Waals surface area (Å²) in [6.45, 7) is 1.91. The maximum atomic E-state index is 14.2. The molecule has 3 aromatic carbocycles. The van der Waals surface area contributed by atoms with Crippen LogP contribution in [-0.2, 0) is 10.3 Å². The monoisotopic (exact) mass is 583 g/mol. The number of carbonyl (C=O) groups is 2. The highest BCUT2D eigenvalue weighted by Crippen LogP contribution is 2.50. The van der Waals surface area contributed by atoms with Gasteiger partial charge in [-0.3, -0.25) is 9.59 Å². The normalized spacial score (nSPS) is 23.8. The Kier molecular flexibility index (Phi) is 7.31. The molecule has 0 spiro atoms. The SMILES string of the molecule is Cc1cc(Oc2ccccc2)ccc1C1(N)C(=O)C(N)c2c(C(=O)N[C@H]3CCCC[C@@H]3N(C)C)sc3c(N)ccc1c23.